The van der Waals surface area contributed by atoms with Crippen molar-refractivity contribution in [3.8, 4) is 0 Å². The molecule has 1 aromatic heterocycles. The van der Waals surface area contributed by atoms with Gasteiger partial charge in [-0.3, -0.25) is 4.79 Å². The van der Waals surface area contributed by atoms with Gasteiger partial charge in [0.05, 0.1) is 17.5 Å². The van der Waals surface area contributed by atoms with E-state index in [0.29, 0.717) is 12.4 Å². The molecule has 0 fully saturated rings. The number of nitrogens with zero attached hydrogens (tertiary/aromatic N) is 1. The lowest BCUT2D eigenvalue weighted by atomic mass is 10.0. The van der Waals surface area contributed by atoms with E-state index in [0.717, 1.165) is 16.7 Å². The first-order valence-corrected chi connectivity index (χ1v) is 8.00. The Morgan fingerprint density at radius 2 is 2.00 bits per heavy atom. The largest absolute Gasteiger partial charge is 0.481 e. The minimum Gasteiger partial charge on any atom is -0.481 e. The molecular formula is C19H21N3O2. The molecule has 0 saturated carbocycles. The smallest absolute Gasteiger partial charge is 0.304 e. The van der Waals surface area contributed by atoms with Crippen molar-refractivity contribution >= 4 is 22.7 Å². The van der Waals surface area contributed by atoms with E-state index in [2.05, 4.69) is 41.3 Å². The Hall–Kier alpha value is -2.82. The molecule has 24 heavy (non-hydrogen) atoms. The van der Waals surface area contributed by atoms with Crippen molar-refractivity contribution in [1.29, 1.82) is 0 Å². The van der Waals surface area contributed by atoms with Crippen LogP contribution in [0.1, 0.15) is 29.3 Å². The number of anilines is 1. The fourth-order valence-corrected chi connectivity index (χ4v) is 2.73. The van der Waals surface area contributed by atoms with Gasteiger partial charge in [0.15, 0.2) is 0 Å². The number of fused-ring (bicyclic) bond motifs is 1. The van der Waals surface area contributed by atoms with E-state index in [-0.39, 0.29) is 12.3 Å². The highest BCUT2D eigenvalue weighted by atomic mass is 16.4. The van der Waals surface area contributed by atoms with Crippen molar-refractivity contribution in [2.75, 3.05) is 11.9 Å². The second-order valence-corrected chi connectivity index (χ2v) is 6.11. The molecule has 3 N–H and O–H groups in total. The molecule has 0 amide bonds. The molecule has 0 aliphatic carbocycles. The lowest BCUT2D eigenvalue weighted by Crippen LogP contribution is -2.17. The summed E-state index contributed by atoms with van der Waals surface area (Å²) in [4.78, 5) is 19.0. The second kappa shape index (κ2) is 6.74. The fourth-order valence-electron chi connectivity index (χ4n) is 2.73. The normalized spacial score (nSPS) is 12.2. The van der Waals surface area contributed by atoms with Crippen LogP contribution in [0.2, 0.25) is 0 Å². The molecule has 0 radical (unpaired) electrons. The molecule has 0 unspecified atom stereocenters. The molecule has 0 bridgehead atoms. The number of benzene rings is 2. The average molecular weight is 323 g/mol. The van der Waals surface area contributed by atoms with Crippen molar-refractivity contribution in [2.45, 2.75) is 26.2 Å². The number of para-hydroxylation sites is 2. The minimum absolute atomic E-state index is 0.0255. The van der Waals surface area contributed by atoms with Gasteiger partial charge in [0, 0.05) is 18.2 Å². The first-order valence-electron chi connectivity index (χ1n) is 8.00. The summed E-state index contributed by atoms with van der Waals surface area (Å²) in [7, 11) is 0. The van der Waals surface area contributed by atoms with Crippen LogP contribution in [0, 0.1) is 13.8 Å². The number of nitrogens with one attached hydrogen (secondary N) is 2. The number of rotatable bonds is 6. The van der Waals surface area contributed by atoms with Gasteiger partial charge in [-0.15, -0.1) is 0 Å². The molecule has 3 rings (SSSR count). The van der Waals surface area contributed by atoms with Crippen LogP contribution in [0.4, 0.5) is 5.69 Å². The number of carboxylic acid groups (broad SMARTS) is 1. The summed E-state index contributed by atoms with van der Waals surface area (Å²) in [5, 5.41) is 12.6. The van der Waals surface area contributed by atoms with E-state index in [1.807, 2.05) is 30.3 Å². The van der Waals surface area contributed by atoms with Gasteiger partial charge in [-0.05, 0) is 49.2 Å². The van der Waals surface area contributed by atoms with E-state index >= 15 is 0 Å². The van der Waals surface area contributed by atoms with Gasteiger partial charge in [-0.2, -0.15) is 0 Å². The number of carbonyl (C=O) groups is 1. The molecular weight excluding hydrogens is 302 g/mol. The highest BCUT2D eigenvalue weighted by Gasteiger charge is 2.19. The van der Waals surface area contributed by atoms with Crippen LogP contribution in [0.3, 0.4) is 0 Å². The minimum atomic E-state index is -0.831. The molecule has 0 aliphatic rings. The summed E-state index contributed by atoms with van der Waals surface area (Å²) in [6.45, 7) is 4.64. The number of aromatic nitrogens is 2. The Morgan fingerprint density at radius 1 is 1.21 bits per heavy atom. The molecule has 1 heterocycles. The van der Waals surface area contributed by atoms with Crippen LogP contribution >= 0.6 is 0 Å². The Balaban J connectivity index is 1.80. The summed E-state index contributed by atoms with van der Waals surface area (Å²) in [5.74, 6) is -0.353. The van der Waals surface area contributed by atoms with Crippen molar-refractivity contribution in [3.05, 3.63) is 59.4 Å². The number of aliphatic carboxylic acids is 1. The van der Waals surface area contributed by atoms with Crippen molar-refractivity contribution in [1.82, 2.24) is 9.97 Å². The number of aromatic amines is 1. The van der Waals surface area contributed by atoms with Crippen molar-refractivity contribution in [2.24, 2.45) is 0 Å². The molecule has 3 aromatic rings. The summed E-state index contributed by atoms with van der Waals surface area (Å²) >= 11 is 0. The van der Waals surface area contributed by atoms with Crippen LogP contribution in [-0.4, -0.2) is 27.6 Å². The summed E-state index contributed by atoms with van der Waals surface area (Å²) in [6.07, 6.45) is 0.0255. The maximum atomic E-state index is 11.2. The molecule has 2 aromatic carbocycles. The molecule has 0 spiro atoms. The zero-order chi connectivity index (χ0) is 17.1. The van der Waals surface area contributed by atoms with Gasteiger partial charge >= 0.3 is 5.97 Å². The monoisotopic (exact) mass is 323 g/mol. The lowest BCUT2D eigenvalue weighted by molar-refractivity contribution is -0.137. The van der Waals surface area contributed by atoms with Crippen LogP contribution in [0.15, 0.2) is 42.5 Å². The van der Waals surface area contributed by atoms with Gasteiger partial charge in [0.2, 0.25) is 0 Å². The number of aryl methyl sites for hydroxylation is 2. The SMILES string of the molecule is Cc1ccc(NC[C@@H](CC(=O)O)c2nc3ccccc3[nH]2)cc1C. The highest BCUT2D eigenvalue weighted by Crippen LogP contribution is 2.22. The first-order chi connectivity index (χ1) is 11.5. The maximum absolute atomic E-state index is 11.2. The Morgan fingerprint density at radius 3 is 2.71 bits per heavy atom. The Labute approximate surface area is 140 Å². The fraction of sp³-hybridized carbons (Fsp3) is 0.263. The summed E-state index contributed by atoms with van der Waals surface area (Å²) < 4.78 is 0. The number of hydrogen-bond acceptors (Lipinski definition) is 3. The predicted molar refractivity (Wildman–Crippen MR) is 95.5 cm³/mol. The van der Waals surface area contributed by atoms with E-state index < -0.39 is 5.97 Å². The zero-order valence-corrected chi connectivity index (χ0v) is 13.8. The summed E-state index contributed by atoms with van der Waals surface area (Å²) in [5.41, 5.74) is 5.21. The van der Waals surface area contributed by atoms with Gasteiger partial charge < -0.3 is 15.4 Å². The maximum Gasteiger partial charge on any atom is 0.304 e. The van der Waals surface area contributed by atoms with Gasteiger partial charge in [0.1, 0.15) is 5.82 Å². The molecule has 5 nitrogen and oxygen atoms in total. The molecule has 0 aliphatic heterocycles. The van der Waals surface area contributed by atoms with Crippen LogP contribution in [-0.2, 0) is 4.79 Å². The van der Waals surface area contributed by atoms with Crippen LogP contribution in [0.25, 0.3) is 11.0 Å². The quantitative estimate of drug-likeness (QED) is 0.644. The number of imidazole rings is 1. The van der Waals surface area contributed by atoms with Gasteiger partial charge in [0.25, 0.3) is 0 Å². The number of H-pyrrole nitrogens is 1. The Kier molecular flexibility index (Phi) is 4.51. The predicted octanol–water partition coefficient (Wildman–Crippen LogP) is 3.85. The van der Waals surface area contributed by atoms with E-state index in [1.54, 1.807) is 0 Å². The third-order valence-electron chi connectivity index (χ3n) is 4.27. The first kappa shape index (κ1) is 16.1. The summed E-state index contributed by atoms with van der Waals surface area (Å²) in [6, 6.07) is 13.9. The molecule has 1 atom stereocenters. The zero-order valence-electron chi connectivity index (χ0n) is 13.8. The molecule has 0 saturated heterocycles. The van der Waals surface area contributed by atoms with Crippen LogP contribution < -0.4 is 5.32 Å². The molecule has 5 heteroatoms. The topological polar surface area (TPSA) is 78.0 Å². The second-order valence-electron chi connectivity index (χ2n) is 6.11. The van der Waals surface area contributed by atoms with E-state index in [4.69, 9.17) is 0 Å². The standard InChI is InChI=1S/C19H21N3O2/c1-12-7-8-15(9-13(12)2)20-11-14(10-18(23)24)19-21-16-5-3-4-6-17(16)22-19/h3-9,14,20H,10-11H2,1-2H3,(H,21,22)(H,23,24)/t14-/m1/s1. The molecule has 124 valence electrons. The third kappa shape index (κ3) is 3.56. The van der Waals surface area contributed by atoms with Crippen LogP contribution in [0.5, 0.6) is 0 Å². The number of carboxylic acids is 1. The Bertz CT molecular complexity index is 837. The van der Waals surface area contributed by atoms with Gasteiger partial charge in [-0.1, -0.05) is 18.2 Å². The lowest BCUT2D eigenvalue weighted by Gasteiger charge is -2.15. The van der Waals surface area contributed by atoms with Crippen molar-refractivity contribution < 1.29 is 9.90 Å². The average Bonchev–Trinajstić information content (AvgIpc) is 2.98. The van der Waals surface area contributed by atoms with E-state index in [9.17, 15) is 9.90 Å². The third-order valence-corrected chi connectivity index (χ3v) is 4.27. The highest BCUT2D eigenvalue weighted by molar-refractivity contribution is 5.75. The van der Waals surface area contributed by atoms with E-state index in [1.165, 1.54) is 11.1 Å². The van der Waals surface area contributed by atoms with Gasteiger partial charge in [-0.25, -0.2) is 4.98 Å². The number of hydrogen-bond donors (Lipinski definition) is 3. The van der Waals surface area contributed by atoms with Crippen molar-refractivity contribution in [3.63, 3.8) is 0 Å².